The zero-order chi connectivity index (χ0) is 39.3. The third kappa shape index (κ3) is 11.0. The van der Waals surface area contributed by atoms with Crippen LogP contribution in [0.5, 0.6) is 0 Å². The molecule has 0 spiro atoms. The largest absolute Gasteiger partial charge is 0.391 e. The standard InChI is InChI=1S/C48H58N4O4/c1-3-13-43(48(56)52-44(29-34-14-5-4-6-15-34)45(53)28-33(2)46(54)50-32-35-24-26-49-27-25-35)51-47(55)40(30-38-20-11-18-36-16-7-9-22-41(36)38)31-39-21-12-19-37-17-8-10-23-42(37)39/h7-12,16-27,33-34,40,43-45,53H,3-6,13-15,28-32H2,1-2H3,(H,50,54)(H,51,55)(H,52,56)/t33-,43+,44+,45+/m1/s1. The highest BCUT2D eigenvalue weighted by atomic mass is 16.3. The molecule has 3 amide bonds. The lowest BCUT2D eigenvalue weighted by Crippen LogP contribution is -2.54. The SMILES string of the molecule is CCC[C@H](NC(=O)C(Cc1cccc2ccccc12)Cc1cccc2ccccc12)C(=O)N[C@@H](CC1CCCCC1)[C@@H](O)C[C@@H](C)C(=O)NCc1ccncc1. The van der Waals surface area contributed by atoms with Crippen LogP contribution in [0.2, 0.25) is 0 Å². The summed E-state index contributed by atoms with van der Waals surface area (Å²) in [6.45, 7) is 4.21. The number of aromatic nitrogens is 1. The fraction of sp³-hybridized carbons (Fsp3) is 0.417. The maximum absolute atomic E-state index is 14.5. The summed E-state index contributed by atoms with van der Waals surface area (Å²) in [5.74, 6) is -1.12. The number of pyridine rings is 1. The van der Waals surface area contributed by atoms with Crippen LogP contribution in [0.25, 0.3) is 21.5 Å². The fourth-order valence-electron chi connectivity index (χ4n) is 8.45. The summed E-state index contributed by atoms with van der Waals surface area (Å²) in [4.78, 5) is 46.0. The second-order valence-corrected chi connectivity index (χ2v) is 15.9. The van der Waals surface area contributed by atoms with Crippen LogP contribution in [-0.4, -0.2) is 46.0 Å². The van der Waals surface area contributed by atoms with Gasteiger partial charge in [0, 0.05) is 30.8 Å². The van der Waals surface area contributed by atoms with Gasteiger partial charge in [-0.15, -0.1) is 0 Å². The minimum absolute atomic E-state index is 0.150. The van der Waals surface area contributed by atoms with Gasteiger partial charge in [-0.05, 0) is 88.4 Å². The third-order valence-electron chi connectivity index (χ3n) is 11.6. The Morgan fingerprint density at radius 1 is 0.732 bits per heavy atom. The van der Waals surface area contributed by atoms with Crippen molar-refractivity contribution in [3.63, 3.8) is 0 Å². The van der Waals surface area contributed by atoms with E-state index in [1.165, 1.54) is 6.42 Å². The second kappa shape index (κ2) is 20.2. The molecule has 294 valence electrons. The zero-order valence-corrected chi connectivity index (χ0v) is 33.0. The predicted octanol–water partition coefficient (Wildman–Crippen LogP) is 8.23. The molecule has 5 aromatic rings. The van der Waals surface area contributed by atoms with Gasteiger partial charge >= 0.3 is 0 Å². The van der Waals surface area contributed by atoms with Crippen LogP contribution in [0.1, 0.15) is 88.3 Å². The van der Waals surface area contributed by atoms with Crippen LogP contribution >= 0.6 is 0 Å². The van der Waals surface area contributed by atoms with E-state index in [0.717, 1.165) is 63.9 Å². The number of carbonyl (C=O) groups excluding carboxylic acids is 3. The van der Waals surface area contributed by atoms with Gasteiger partial charge in [0.1, 0.15) is 6.04 Å². The van der Waals surface area contributed by atoms with E-state index in [0.29, 0.717) is 44.6 Å². The molecule has 0 aliphatic heterocycles. The van der Waals surface area contributed by atoms with Crippen molar-refractivity contribution in [2.45, 2.75) is 109 Å². The van der Waals surface area contributed by atoms with Gasteiger partial charge in [0.2, 0.25) is 17.7 Å². The molecule has 4 aromatic carbocycles. The molecule has 8 heteroatoms. The van der Waals surface area contributed by atoms with Crippen LogP contribution in [0, 0.1) is 17.8 Å². The molecule has 0 unspecified atom stereocenters. The molecule has 1 heterocycles. The maximum atomic E-state index is 14.5. The molecular weight excluding hydrogens is 697 g/mol. The molecule has 1 aromatic heterocycles. The van der Waals surface area contributed by atoms with Crippen LogP contribution in [-0.2, 0) is 33.8 Å². The number of fused-ring (bicyclic) bond motifs is 2. The van der Waals surface area contributed by atoms with Crippen molar-refractivity contribution in [2.24, 2.45) is 17.8 Å². The van der Waals surface area contributed by atoms with Crippen molar-refractivity contribution in [2.75, 3.05) is 0 Å². The highest BCUT2D eigenvalue weighted by molar-refractivity contribution is 5.91. The number of carbonyl (C=O) groups is 3. The average Bonchev–Trinajstić information content (AvgIpc) is 3.23. The number of hydrogen-bond acceptors (Lipinski definition) is 5. The van der Waals surface area contributed by atoms with Crippen LogP contribution in [0.15, 0.2) is 109 Å². The van der Waals surface area contributed by atoms with E-state index in [2.05, 4.69) is 69.5 Å². The maximum Gasteiger partial charge on any atom is 0.242 e. The number of hydrogen-bond donors (Lipinski definition) is 4. The molecule has 4 N–H and O–H groups in total. The highest BCUT2D eigenvalue weighted by Gasteiger charge is 2.32. The van der Waals surface area contributed by atoms with E-state index in [-0.39, 0.29) is 24.1 Å². The summed E-state index contributed by atoms with van der Waals surface area (Å²) in [6.07, 6.45) is 11.1. The van der Waals surface area contributed by atoms with Gasteiger partial charge in [-0.2, -0.15) is 0 Å². The Hall–Kier alpha value is -5.08. The lowest BCUT2D eigenvalue weighted by atomic mass is 9.82. The summed E-state index contributed by atoms with van der Waals surface area (Å²) in [5, 5.41) is 25.5. The van der Waals surface area contributed by atoms with Gasteiger partial charge in [-0.3, -0.25) is 19.4 Å². The number of rotatable bonds is 18. The number of aliphatic hydroxyl groups excluding tert-OH is 1. The topological polar surface area (TPSA) is 120 Å². The Bertz CT molecular complexity index is 1950. The average molecular weight is 755 g/mol. The van der Waals surface area contributed by atoms with Gasteiger partial charge in [-0.25, -0.2) is 0 Å². The van der Waals surface area contributed by atoms with E-state index >= 15 is 0 Å². The Morgan fingerprint density at radius 2 is 1.32 bits per heavy atom. The first-order valence-corrected chi connectivity index (χ1v) is 20.7. The van der Waals surface area contributed by atoms with E-state index in [4.69, 9.17) is 0 Å². The molecule has 56 heavy (non-hydrogen) atoms. The van der Waals surface area contributed by atoms with Crippen molar-refractivity contribution in [1.82, 2.24) is 20.9 Å². The molecule has 1 saturated carbocycles. The first-order chi connectivity index (χ1) is 27.3. The minimum atomic E-state index is -0.925. The molecular formula is C48H58N4O4. The molecule has 0 radical (unpaired) electrons. The quantitative estimate of drug-likeness (QED) is 0.0719. The Labute approximate surface area is 331 Å². The Morgan fingerprint density at radius 3 is 1.93 bits per heavy atom. The van der Waals surface area contributed by atoms with Crippen LogP contribution in [0.3, 0.4) is 0 Å². The lowest BCUT2D eigenvalue weighted by molar-refractivity contribution is -0.132. The smallest absolute Gasteiger partial charge is 0.242 e. The van der Waals surface area contributed by atoms with Gasteiger partial charge in [-0.1, -0.05) is 137 Å². The van der Waals surface area contributed by atoms with Crippen molar-refractivity contribution in [1.29, 1.82) is 0 Å². The molecule has 0 bridgehead atoms. The van der Waals surface area contributed by atoms with E-state index in [9.17, 15) is 19.5 Å². The molecule has 1 fully saturated rings. The van der Waals surface area contributed by atoms with Crippen LogP contribution in [0.4, 0.5) is 0 Å². The Balaban J connectivity index is 1.19. The summed E-state index contributed by atoms with van der Waals surface area (Å²) in [7, 11) is 0. The number of nitrogens with zero attached hydrogens (tertiary/aromatic N) is 1. The van der Waals surface area contributed by atoms with E-state index in [1.807, 2.05) is 62.4 Å². The van der Waals surface area contributed by atoms with E-state index < -0.39 is 30.0 Å². The second-order valence-electron chi connectivity index (χ2n) is 15.9. The molecule has 1 aliphatic rings. The van der Waals surface area contributed by atoms with Crippen LogP contribution < -0.4 is 16.0 Å². The Kier molecular flexibility index (Phi) is 14.6. The normalized spacial score (nSPS) is 15.6. The molecule has 6 rings (SSSR count). The molecule has 1 aliphatic carbocycles. The fourth-order valence-corrected chi connectivity index (χ4v) is 8.45. The van der Waals surface area contributed by atoms with Gasteiger partial charge in [0.25, 0.3) is 0 Å². The number of amides is 3. The number of aliphatic hydroxyl groups is 1. The zero-order valence-electron chi connectivity index (χ0n) is 33.0. The van der Waals surface area contributed by atoms with Crippen molar-refractivity contribution >= 4 is 39.3 Å². The van der Waals surface area contributed by atoms with Crippen molar-refractivity contribution in [3.8, 4) is 0 Å². The summed E-state index contributed by atoms with van der Waals surface area (Å²) in [6, 6.07) is 31.4. The monoisotopic (exact) mass is 754 g/mol. The van der Waals surface area contributed by atoms with Gasteiger partial charge in [0.15, 0.2) is 0 Å². The molecule has 4 atom stereocenters. The van der Waals surface area contributed by atoms with Crippen molar-refractivity contribution in [3.05, 3.63) is 126 Å². The van der Waals surface area contributed by atoms with Crippen molar-refractivity contribution < 1.29 is 19.5 Å². The summed E-state index contributed by atoms with van der Waals surface area (Å²) >= 11 is 0. The summed E-state index contributed by atoms with van der Waals surface area (Å²) < 4.78 is 0. The van der Waals surface area contributed by atoms with Gasteiger partial charge in [0.05, 0.1) is 12.1 Å². The first kappa shape index (κ1) is 40.6. The summed E-state index contributed by atoms with van der Waals surface area (Å²) in [5.41, 5.74) is 3.13. The highest BCUT2D eigenvalue weighted by Crippen LogP contribution is 2.30. The molecule has 8 nitrogen and oxygen atoms in total. The lowest BCUT2D eigenvalue weighted by Gasteiger charge is -2.32. The van der Waals surface area contributed by atoms with E-state index in [1.54, 1.807) is 12.4 Å². The number of nitrogens with one attached hydrogen (secondary N) is 3. The predicted molar refractivity (Wildman–Crippen MR) is 225 cm³/mol. The minimum Gasteiger partial charge on any atom is -0.391 e. The first-order valence-electron chi connectivity index (χ1n) is 20.7. The van der Waals surface area contributed by atoms with Gasteiger partial charge < -0.3 is 21.1 Å². The number of benzene rings is 4. The molecule has 0 saturated heterocycles. The third-order valence-corrected chi connectivity index (χ3v) is 11.6.